The number of hydrogen-bond donors (Lipinski definition) is 2. The molecule has 19 heavy (non-hydrogen) atoms. The SMILES string of the molecule is O=C(O)CCc1cnc(CCOc2ccccc2)[nH]1. The number of carboxylic acid groups (broad SMARTS) is 1. The van der Waals surface area contributed by atoms with Crippen LogP contribution in [0.5, 0.6) is 5.75 Å². The van der Waals surface area contributed by atoms with Crippen LogP contribution in [0, 0.1) is 0 Å². The van der Waals surface area contributed by atoms with Crippen LogP contribution in [-0.2, 0) is 17.6 Å². The van der Waals surface area contributed by atoms with E-state index in [0.29, 0.717) is 19.4 Å². The van der Waals surface area contributed by atoms with Crippen LogP contribution in [0.3, 0.4) is 0 Å². The quantitative estimate of drug-likeness (QED) is 0.799. The first-order chi connectivity index (χ1) is 9.24. The van der Waals surface area contributed by atoms with E-state index < -0.39 is 5.97 Å². The highest BCUT2D eigenvalue weighted by Crippen LogP contribution is 2.09. The maximum absolute atomic E-state index is 10.5. The Hall–Kier alpha value is -2.30. The second-order valence-corrected chi connectivity index (χ2v) is 4.16. The number of carbonyl (C=O) groups is 1. The molecule has 2 rings (SSSR count). The minimum atomic E-state index is -0.802. The van der Waals surface area contributed by atoms with Crippen molar-refractivity contribution in [1.29, 1.82) is 0 Å². The van der Waals surface area contributed by atoms with Gasteiger partial charge in [-0.25, -0.2) is 4.98 Å². The van der Waals surface area contributed by atoms with Crippen molar-refractivity contribution in [2.24, 2.45) is 0 Å². The molecular weight excluding hydrogens is 244 g/mol. The fraction of sp³-hybridized carbons (Fsp3) is 0.286. The first kappa shape index (κ1) is 13.1. The second kappa shape index (κ2) is 6.58. The Morgan fingerprint density at radius 1 is 1.26 bits per heavy atom. The van der Waals surface area contributed by atoms with Gasteiger partial charge in [-0.15, -0.1) is 0 Å². The highest BCUT2D eigenvalue weighted by Gasteiger charge is 2.03. The third kappa shape index (κ3) is 4.46. The van der Waals surface area contributed by atoms with Gasteiger partial charge in [-0.1, -0.05) is 18.2 Å². The lowest BCUT2D eigenvalue weighted by Crippen LogP contribution is -2.03. The molecule has 0 radical (unpaired) electrons. The molecule has 100 valence electrons. The standard InChI is InChI=1S/C14H16N2O3/c17-14(18)7-6-11-10-15-13(16-11)8-9-19-12-4-2-1-3-5-12/h1-5,10H,6-9H2,(H,15,16)(H,17,18). The largest absolute Gasteiger partial charge is 0.493 e. The normalized spacial score (nSPS) is 10.3. The minimum Gasteiger partial charge on any atom is -0.493 e. The van der Waals surface area contributed by atoms with E-state index in [2.05, 4.69) is 9.97 Å². The highest BCUT2D eigenvalue weighted by atomic mass is 16.5. The lowest BCUT2D eigenvalue weighted by atomic mass is 10.2. The Balaban J connectivity index is 1.76. The lowest BCUT2D eigenvalue weighted by molar-refractivity contribution is -0.136. The number of nitrogens with one attached hydrogen (secondary N) is 1. The van der Waals surface area contributed by atoms with E-state index in [9.17, 15) is 4.79 Å². The average Bonchev–Trinajstić information content (AvgIpc) is 2.86. The number of para-hydroxylation sites is 1. The third-order valence-corrected chi connectivity index (χ3v) is 2.64. The smallest absolute Gasteiger partial charge is 0.303 e. The summed E-state index contributed by atoms with van der Waals surface area (Å²) < 4.78 is 5.56. The van der Waals surface area contributed by atoms with Crippen molar-refractivity contribution in [3.63, 3.8) is 0 Å². The molecule has 5 heteroatoms. The molecule has 0 atom stereocenters. The van der Waals surface area contributed by atoms with Gasteiger partial charge in [-0.2, -0.15) is 0 Å². The van der Waals surface area contributed by atoms with Crippen LogP contribution in [0.15, 0.2) is 36.5 Å². The van der Waals surface area contributed by atoms with Gasteiger partial charge in [0, 0.05) is 18.3 Å². The van der Waals surface area contributed by atoms with Gasteiger partial charge in [-0.05, 0) is 18.6 Å². The second-order valence-electron chi connectivity index (χ2n) is 4.16. The Morgan fingerprint density at radius 2 is 2.05 bits per heavy atom. The van der Waals surface area contributed by atoms with E-state index >= 15 is 0 Å². The number of aromatic amines is 1. The van der Waals surface area contributed by atoms with Crippen molar-refractivity contribution in [3.8, 4) is 5.75 Å². The molecule has 0 aliphatic rings. The maximum Gasteiger partial charge on any atom is 0.303 e. The van der Waals surface area contributed by atoms with E-state index in [0.717, 1.165) is 17.3 Å². The number of carboxylic acids is 1. The van der Waals surface area contributed by atoms with Crippen molar-refractivity contribution < 1.29 is 14.6 Å². The number of H-pyrrole nitrogens is 1. The number of aromatic nitrogens is 2. The van der Waals surface area contributed by atoms with E-state index in [1.54, 1.807) is 6.20 Å². The van der Waals surface area contributed by atoms with E-state index in [-0.39, 0.29) is 6.42 Å². The topological polar surface area (TPSA) is 75.2 Å². The summed E-state index contributed by atoms with van der Waals surface area (Å²) in [4.78, 5) is 17.8. The van der Waals surface area contributed by atoms with E-state index in [4.69, 9.17) is 9.84 Å². The van der Waals surface area contributed by atoms with Crippen LogP contribution in [0.1, 0.15) is 17.9 Å². The number of nitrogens with zero attached hydrogens (tertiary/aromatic N) is 1. The monoisotopic (exact) mass is 260 g/mol. The molecule has 2 aromatic rings. The molecular formula is C14H16N2O3. The molecule has 0 saturated heterocycles. The number of benzene rings is 1. The third-order valence-electron chi connectivity index (χ3n) is 2.64. The number of hydrogen-bond acceptors (Lipinski definition) is 3. The van der Waals surface area contributed by atoms with Crippen LogP contribution in [0.4, 0.5) is 0 Å². The number of aryl methyl sites for hydroxylation is 1. The molecule has 0 spiro atoms. The van der Waals surface area contributed by atoms with Crippen molar-refractivity contribution >= 4 is 5.97 Å². The zero-order valence-electron chi connectivity index (χ0n) is 10.5. The van der Waals surface area contributed by atoms with Crippen molar-refractivity contribution in [2.75, 3.05) is 6.61 Å². The molecule has 1 aromatic carbocycles. The summed E-state index contributed by atoms with van der Waals surface area (Å²) in [6.07, 6.45) is 2.94. The zero-order chi connectivity index (χ0) is 13.5. The molecule has 1 aromatic heterocycles. The number of aliphatic carboxylic acids is 1. The van der Waals surface area contributed by atoms with Gasteiger partial charge in [0.15, 0.2) is 0 Å². The first-order valence-corrected chi connectivity index (χ1v) is 6.16. The van der Waals surface area contributed by atoms with Gasteiger partial charge in [-0.3, -0.25) is 4.79 Å². The minimum absolute atomic E-state index is 0.113. The molecule has 5 nitrogen and oxygen atoms in total. The van der Waals surface area contributed by atoms with Crippen molar-refractivity contribution in [2.45, 2.75) is 19.3 Å². The Labute approximate surface area is 111 Å². The van der Waals surface area contributed by atoms with E-state index in [1.165, 1.54) is 0 Å². The Bertz CT molecular complexity index is 522. The number of ether oxygens (including phenoxy) is 1. The molecule has 0 bridgehead atoms. The predicted molar refractivity (Wildman–Crippen MR) is 70.2 cm³/mol. The maximum atomic E-state index is 10.5. The summed E-state index contributed by atoms with van der Waals surface area (Å²) in [5.41, 5.74) is 0.845. The summed E-state index contributed by atoms with van der Waals surface area (Å²) in [6.45, 7) is 0.538. The van der Waals surface area contributed by atoms with Gasteiger partial charge < -0.3 is 14.8 Å². The van der Waals surface area contributed by atoms with Gasteiger partial charge in [0.2, 0.25) is 0 Å². The lowest BCUT2D eigenvalue weighted by Gasteiger charge is -2.03. The first-order valence-electron chi connectivity index (χ1n) is 6.16. The Kier molecular flexibility index (Phi) is 4.55. The zero-order valence-corrected chi connectivity index (χ0v) is 10.5. The van der Waals surface area contributed by atoms with Crippen LogP contribution in [0.25, 0.3) is 0 Å². The summed E-state index contributed by atoms with van der Waals surface area (Å²) in [6, 6.07) is 9.59. The molecule has 0 saturated carbocycles. The summed E-state index contributed by atoms with van der Waals surface area (Å²) in [7, 11) is 0. The van der Waals surface area contributed by atoms with Crippen LogP contribution >= 0.6 is 0 Å². The molecule has 0 aliphatic carbocycles. The van der Waals surface area contributed by atoms with Gasteiger partial charge >= 0.3 is 5.97 Å². The number of imidazole rings is 1. The van der Waals surface area contributed by atoms with Crippen LogP contribution < -0.4 is 4.74 Å². The van der Waals surface area contributed by atoms with Gasteiger partial charge in [0.25, 0.3) is 0 Å². The molecule has 0 amide bonds. The van der Waals surface area contributed by atoms with Crippen molar-refractivity contribution in [3.05, 3.63) is 48.0 Å². The van der Waals surface area contributed by atoms with Crippen molar-refractivity contribution in [1.82, 2.24) is 9.97 Å². The van der Waals surface area contributed by atoms with Crippen LogP contribution in [0.2, 0.25) is 0 Å². The van der Waals surface area contributed by atoms with Gasteiger partial charge in [0.1, 0.15) is 11.6 Å². The molecule has 0 aliphatic heterocycles. The van der Waals surface area contributed by atoms with Gasteiger partial charge in [0.05, 0.1) is 13.0 Å². The predicted octanol–water partition coefficient (Wildman–Crippen LogP) is 2.05. The average molecular weight is 260 g/mol. The molecule has 0 unspecified atom stereocenters. The van der Waals surface area contributed by atoms with Crippen LogP contribution in [-0.4, -0.2) is 27.7 Å². The molecule has 0 fully saturated rings. The van der Waals surface area contributed by atoms with E-state index in [1.807, 2.05) is 30.3 Å². The summed E-state index contributed by atoms with van der Waals surface area (Å²) >= 11 is 0. The fourth-order valence-electron chi connectivity index (χ4n) is 1.68. The highest BCUT2D eigenvalue weighted by molar-refractivity contribution is 5.66. The number of rotatable bonds is 7. The summed E-state index contributed by atoms with van der Waals surface area (Å²) in [5, 5.41) is 8.59. The summed E-state index contributed by atoms with van der Waals surface area (Å²) in [5.74, 6) is 0.847. The Morgan fingerprint density at radius 3 is 2.79 bits per heavy atom. The molecule has 2 N–H and O–H groups in total. The molecule has 1 heterocycles. The fourth-order valence-corrected chi connectivity index (χ4v) is 1.68.